The van der Waals surface area contributed by atoms with Gasteiger partial charge in [0.2, 0.25) is 0 Å². The lowest BCUT2D eigenvalue weighted by atomic mass is 9.92. The number of carbonyl (C=O) groups is 1. The van der Waals surface area contributed by atoms with Crippen LogP contribution in [0.4, 0.5) is 0 Å². The molecular weight excluding hydrogens is 324 g/mol. The molecule has 1 amide bonds. The third-order valence-electron chi connectivity index (χ3n) is 5.30. The summed E-state index contributed by atoms with van der Waals surface area (Å²) in [6, 6.07) is 12.9. The summed E-state index contributed by atoms with van der Waals surface area (Å²) < 4.78 is 1.72. The number of amides is 1. The van der Waals surface area contributed by atoms with Crippen molar-refractivity contribution in [3.8, 4) is 0 Å². The number of hydrogen-bond donors (Lipinski definition) is 0. The van der Waals surface area contributed by atoms with E-state index in [4.69, 9.17) is 0 Å². The van der Waals surface area contributed by atoms with Gasteiger partial charge in [0.05, 0.1) is 5.69 Å². The monoisotopic (exact) mass is 354 g/mol. The number of benzene rings is 1. The summed E-state index contributed by atoms with van der Waals surface area (Å²) in [5, 5.41) is 4.54. The van der Waals surface area contributed by atoms with Crippen molar-refractivity contribution in [1.82, 2.24) is 19.6 Å². The second-order valence-electron chi connectivity index (χ2n) is 8.20. The maximum Gasteiger partial charge on any atom is 0.272 e. The normalized spacial score (nSPS) is 17.3. The van der Waals surface area contributed by atoms with E-state index in [1.807, 2.05) is 24.1 Å². The minimum absolute atomic E-state index is 0.0555. The predicted molar refractivity (Wildman–Crippen MR) is 104 cm³/mol. The second-order valence-corrected chi connectivity index (χ2v) is 8.20. The Morgan fingerprint density at radius 3 is 2.23 bits per heavy atom. The van der Waals surface area contributed by atoms with Gasteiger partial charge in [-0.3, -0.25) is 14.4 Å². The van der Waals surface area contributed by atoms with Crippen molar-refractivity contribution in [3.05, 3.63) is 53.3 Å². The fraction of sp³-hybridized carbons (Fsp3) is 0.524. The van der Waals surface area contributed by atoms with E-state index in [2.05, 4.69) is 62.0 Å². The number of nitrogens with zero attached hydrogens (tertiary/aromatic N) is 4. The molecule has 1 aromatic carbocycles. The fourth-order valence-corrected chi connectivity index (χ4v) is 3.45. The number of hydrogen-bond acceptors (Lipinski definition) is 3. The number of carbonyl (C=O) groups excluding carboxylic acids is 1. The average Bonchev–Trinajstić information content (AvgIpc) is 3.03. The summed E-state index contributed by atoms with van der Waals surface area (Å²) in [5.74, 6) is 0.0857. The van der Waals surface area contributed by atoms with Crippen molar-refractivity contribution in [2.75, 3.05) is 26.2 Å². The highest BCUT2D eigenvalue weighted by Crippen LogP contribution is 2.24. The van der Waals surface area contributed by atoms with Crippen molar-refractivity contribution in [3.63, 3.8) is 0 Å². The summed E-state index contributed by atoms with van der Waals surface area (Å²) in [5.41, 5.74) is 2.91. The smallest absolute Gasteiger partial charge is 0.272 e. The van der Waals surface area contributed by atoms with E-state index in [1.165, 1.54) is 5.56 Å². The first-order valence-corrected chi connectivity index (χ1v) is 9.40. The molecule has 5 nitrogen and oxygen atoms in total. The fourth-order valence-electron chi connectivity index (χ4n) is 3.45. The third-order valence-corrected chi connectivity index (χ3v) is 5.30. The highest BCUT2D eigenvalue weighted by atomic mass is 16.2. The Hall–Kier alpha value is -2.14. The number of rotatable bonds is 3. The zero-order valence-corrected chi connectivity index (χ0v) is 16.6. The lowest BCUT2D eigenvalue weighted by molar-refractivity contribution is 0.0572. The van der Waals surface area contributed by atoms with Crippen LogP contribution in [0.5, 0.6) is 0 Å². The summed E-state index contributed by atoms with van der Waals surface area (Å²) in [4.78, 5) is 17.4. The Morgan fingerprint density at radius 2 is 1.69 bits per heavy atom. The van der Waals surface area contributed by atoms with E-state index < -0.39 is 0 Å². The molecule has 0 saturated carbocycles. The summed E-state index contributed by atoms with van der Waals surface area (Å²) in [6.07, 6.45) is 0. The molecule has 5 heteroatoms. The average molecular weight is 354 g/mol. The molecule has 2 aromatic rings. The molecule has 140 valence electrons. The summed E-state index contributed by atoms with van der Waals surface area (Å²) in [7, 11) is 1.86. The minimum Gasteiger partial charge on any atom is -0.335 e. The second kappa shape index (κ2) is 7.23. The van der Waals surface area contributed by atoms with Gasteiger partial charge in [0, 0.05) is 44.7 Å². The van der Waals surface area contributed by atoms with Gasteiger partial charge < -0.3 is 4.90 Å². The minimum atomic E-state index is -0.0555. The molecule has 1 fully saturated rings. The zero-order chi connectivity index (χ0) is 18.9. The van der Waals surface area contributed by atoms with E-state index in [0.717, 1.165) is 31.9 Å². The molecule has 1 aliphatic rings. The summed E-state index contributed by atoms with van der Waals surface area (Å²) >= 11 is 0. The van der Waals surface area contributed by atoms with E-state index in [1.54, 1.807) is 4.68 Å². The van der Waals surface area contributed by atoms with Crippen LogP contribution in [0.1, 0.15) is 55.5 Å². The van der Waals surface area contributed by atoms with Gasteiger partial charge in [0.25, 0.3) is 5.91 Å². The SMILES string of the molecule is CC(c1ccccc1)N1CCN(C(=O)c2cc(C(C)(C)C)nn2C)CC1. The maximum absolute atomic E-state index is 13.0. The van der Waals surface area contributed by atoms with Crippen LogP contribution in [0.2, 0.25) is 0 Å². The molecule has 1 aromatic heterocycles. The van der Waals surface area contributed by atoms with Crippen molar-refractivity contribution >= 4 is 5.91 Å². The Morgan fingerprint density at radius 1 is 1.08 bits per heavy atom. The Labute approximate surface area is 156 Å². The van der Waals surface area contributed by atoms with Crippen molar-refractivity contribution in [1.29, 1.82) is 0 Å². The first-order valence-electron chi connectivity index (χ1n) is 9.40. The largest absolute Gasteiger partial charge is 0.335 e. The molecule has 0 bridgehead atoms. The van der Waals surface area contributed by atoms with Crippen LogP contribution < -0.4 is 0 Å². The van der Waals surface area contributed by atoms with Crippen LogP contribution in [-0.2, 0) is 12.5 Å². The van der Waals surface area contributed by atoms with E-state index >= 15 is 0 Å². The van der Waals surface area contributed by atoms with Crippen molar-refractivity contribution in [2.45, 2.75) is 39.2 Å². The Balaban J connectivity index is 1.65. The maximum atomic E-state index is 13.0. The number of aromatic nitrogens is 2. The molecule has 0 radical (unpaired) electrons. The molecule has 1 saturated heterocycles. The van der Waals surface area contributed by atoms with Crippen LogP contribution in [0.25, 0.3) is 0 Å². The highest BCUT2D eigenvalue weighted by molar-refractivity contribution is 5.92. The highest BCUT2D eigenvalue weighted by Gasteiger charge is 2.28. The van der Waals surface area contributed by atoms with Crippen molar-refractivity contribution < 1.29 is 4.79 Å². The van der Waals surface area contributed by atoms with Crippen LogP contribution in [0, 0.1) is 0 Å². The van der Waals surface area contributed by atoms with Crippen LogP contribution >= 0.6 is 0 Å². The van der Waals surface area contributed by atoms with Gasteiger partial charge in [0.15, 0.2) is 0 Å². The van der Waals surface area contributed by atoms with E-state index in [9.17, 15) is 4.79 Å². The molecular formula is C21H30N4O. The molecule has 2 heterocycles. The Kier molecular flexibility index (Phi) is 5.19. The van der Waals surface area contributed by atoms with Gasteiger partial charge in [-0.05, 0) is 18.6 Å². The van der Waals surface area contributed by atoms with E-state index in [-0.39, 0.29) is 11.3 Å². The summed E-state index contributed by atoms with van der Waals surface area (Å²) in [6.45, 7) is 11.9. The van der Waals surface area contributed by atoms with Crippen LogP contribution in [-0.4, -0.2) is 51.7 Å². The Bertz CT molecular complexity index is 752. The third kappa shape index (κ3) is 3.83. The van der Waals surface area contributed by atoms with Crippen LogP contribution in [0.15, 0.2) is 36.4 Å². The molecule has 1 aliphatic heterocycles. The van der Waals surface area contributed by atoms with Gasteiger partial charge in [-0.2, -0.15) is 5.10 Å². The topological polar surface area (TPSA) is 41.4 Å². The molecule has 0 N–H and O–H groups in total. The predicted octanol–water partition coefficient (Wildman–Crippen LogP) is 3.24. The van der Waals surface area contributed by atoms with Gasteiger partial charge in [-0.25, -0.2) is 0 Å². The lowest BCUT2D eigenvalue weighted by Gasteiger charge is -2.38. The molecule has 26 heavy (non-hydrogen) atoms. The van der Waals surface area contributed by atoms with Crippen molar-refractivity contribution in [2.24, 2.45) is 7.05 Å². The van der Waals surface area contributed by atoms with Gasteiger partial charge in [-0.1, -0.05) is 51.1 Å². The van der Waals surface area contributed by atoms with E-state index in [0.29, 0.717) is 11.7 Å². The lowest BCUT2D eigenvalue weighted by Crippen LogP contribution is -2.49. The molecule has 0 spiro atoms. The zero-order valence-electron chi connectivity index (χ0n) is 16.6. The van der Waals surface area contributed by atoms with Crippen LogP contribution in [0.3, 0.4) is 0 Å². The molecule has 3 rings (SSSR count). The van der Waals surface area contributed by atoms with Gasteiger partial charge in [0.1, 0.15) is 5.69 Å². The van der Waals surface area contributed by atoms with Gasteiger partial charge in [-0.15, -0.1) is 0 Å². The molecule has 1 atom stereocenters. The quantitative estimate of drug-likeness (QED) is 0.850. The first-order chi connectivity index (χ1) is 12.3. The number of aryl methyl sites for hydroxylation is 1. The number of piperazine rings is 1. The molecule has 1 unspecified atom stereocenters. The standard InChI is InChI=1S/C21H30N4O/c1-16(17-9-7-6-8-10-17)24-11-13-25(14-12-24)20(26)18-15-19(21(2,3)4)22-23(18)5/h6-10,15-16H,11-14H2,1-5H3. The molecule has 0 aliphatic carbocycles. The first kappa shape index (κ1) is 18.6. The van der Waals surface area contributed by atoms with Gasteiger partial charge >= 0.3 is 0 Å².